The Bertz CT molecular complexity index is 561. The SMILES string of the molecule is O=C(Cc1ccc(F)cc1Cl)NC1(C(=O)O)CCSCC1. The standard InChI is InChI=1S/C14H15ClFNO3S/c15-11-8-10(16)2-1-9(11)7-12(18)17-14(13(19)20)3-5-21-6-4-14/h1-2,8H,3-7H2,(H,17,18)(H,19,20). The van der Waals surface area contributed by atoms with E-state index in [4.69, 9.17) is 11.6 Å². The maximum atomic E-state index is 13.0. The molecule has 114 valence electrons. The van der Waals surface area contributed by atoms with Crippen molar-refractivity contribution in [2.75, 3.05) is 11.5 Å². The molecule has 0 atom stereocenters. The Kier molecular flexibility index (Phi) is 5.11. The Morgan fingerprint density at radius 2 is 2.05 bits per heavy atom. The summed E-state index contributed by atoms with van der Waals surface area (Å²) in [5.41, 5.74) is -0.726. The van der Waals surface area contributed by atoms with Crippen LogP contribution in [-0.4, -0.2) is 34.0 Å². The number of rotatable bonds is 4. The third kappa shape index (κ3) is 3.89. The number of hydrogen-bond donors (Lipinski definition) is 2. The summed E-state index contributed by atoms with van der Waals surface area (Å²) in [6, 6.07) is 3.79. The highest BCUT2D eigenvalue weighted by Crippen LogP contribution is 2.28. The van der Waals surface area contributed by atoms with Gasteiger partial charge in [-0.2, -0.15) is 11.8 Å². The van der Waals surface area contributed by atoms with Gasteiger partial charge in [0, 0.05) is 5.02 Å². The number of halogens is 2. The number of carboxylic acids is 1. The van der Waals surface area contributed by atoms with Crippen molar-refractivity contribution in [1.82, 2.24) is 5.32 Å². The zero-order valence-corrected chi connectivity index (χ0v) is 12.8. The molecular formula is C14H15ClFNO3S. The number of carboxylic acid groups (broad SMARTS) is 1. The molecule has 21 heavy (non-hydrogen) atoms. The van der Waals surface area contributed by atoms with E-state index >= 15 is 0 Å². The van der Waals surface area contributed by atoms with Crippen LogP contribution in [0.15, 0.2) is 18.2 Å². The number of carbonyl (C=O) groups excluding carboxylic acids is 1. The second kappa shape index (κ2) is 6.66. The molecule has 1 aromatic carbocycles. The van der Waals surface area contributed by atoms with Gasteiger partial charge in [-0.05, 0) is 42.0 Å². The van der Waals surface area contributed by atoms with Crippen molar-refractivity contribution in [3.05, 3.63) is 34.6 Å². The van der Waals surface area contributed by atoms with Gasteiger partial charge in [0.15, 0.2) is 0 Å². The van der Waals surface area contributed by atoms with Crippen LogP contribution in [0.3, 0.4) is 0 Å². The normalized spacial score (nSPS) is 17.2. The first kappa shape index (κ1) is 16.1. The molecule has 1 aliphatic rings. The first-order valence-corrected chi connectivity index (χ1v) is 8.02. The lowest BCUT2D eigenvalue weighted by atomic mass is 9.92. The summed E-state index contributed by atoms with van der Waals surface area (Å²) >= 11 is 7.55. The predicted octanol–water partition coefficient (Wildman–Crippen LogP) is 2.49. The van der Waals surface area contributed by atoms with Crippen molar-refractivity contribution in [3.63, 3.8) is 0 Å². The average molecular weight is 332 g/mol. The minimum Gasteiger partial charge on any atom is -0.480 e. The summed E-state index contributed by atoms with van der Waals surface area (Å²) in [5.74, 6) is -0.511. The van der Waals surface area contributed by atoms with Crippen molar-refractivity contribution >= 4 is 35.2 Å². The van der Waals surface area contributed by atoms with Gasteiger partial charge in [-0.3, -0.25) is 4.79 Å². The smallest absolute Gasteiger partial charge is 0.329 e. The fourth-order valence-electron chi connectivity index (χ4n) is 2.26. The first-order chi connectivity index (χ1) is 9.93. The first-order valence-electron chi connectivity index (χ1n) is 6.49. The van der Waals surface area contributed by atoms with Gasteiger partial charge in [0.25, 0.3) is 0 Å². The molecule has 1 heterocycles. The lowest BCUT2D eigenvalue weighted by Gasteiger charge is -2.33. The second-order valence-electron chi connectivity index (χ2n) is 4.96. The van der Waals surface area contributed by atoms with E-state index in [-0.39, 0.29) is 11.4 Å². The van der Waals surface area contributed by atoms with E-state index in [0.717, 1.165) is 6.07 Å². The Balaban J connectivity index is 2.07. The lowest BCUT2D eigenvalue weighted by Crippen LogP contribution is -2.56. The number of nitrogens with one attached hydrogen (secondary N) is 1. The van der Waals surface area contributed by atoms with Crippen LogP contribution in [-0.2, 0) is 16.0 Å². The summed E-state index contributed by atoms with van der Waals surface area (Å²) in [7, 11) is 0. The summed E-state index contributed by atoms with van der Waals surface area (Å²) in [4.78, 5) is 23.6. The van der Waals surface area contributed by atoms with Crippen molar-refractivity contribution < 1.29 is 19.1 Å². The molecule has 1 fully saturated rings. The van der Waals surface area contributed by atoms with Crippen molar-refractivity contribution in [2.24, 2.45) is 0 Å². The molecule has 0 radical (unpaired) electrons. The predicted molar refractivity (Wildman–Crippen MR) is 80.2 cm³/mol. The molecule has 2 N–H and O–H groups in total. The molecule has 7 heteroatoms. The van der Waals surface area contributed by atoms with Crippen molar-refractivity contribution in [1.29, 1.82) is 0 Å². The molecule has 1 aliphatic heterocycles. The van der Waals surface area contributed by atoms with Crippen LogP contribution in [0.5, 0.6) is 0 Å². The van der Waals surface area contributed by atoms with Gasteiger partial charge in [-0.25, -0.2) is 9.18 Å². The van der Waals surface area contributed by atoms with Gasteiger partial charge >= 0.3 is 5.97 Å². The molecular weight excluding hydrogens is 317 g/mol. The van der Waals surface area contributed by atoms with E-state index in [1.165, 1.54) is 12.1 Å². The van der Waals surface area contributed by atoms with Crippen LogP contribution in [0.25, 0.3) is 0 Å². The maximum absolute atomic E-state index is 13.0. The minimum absolute atomic E-state index is 0.0682. The number of carbonyl (C=O) groups is 2. The Labute approximate surface area is 131 Å². The molecule has 0 aromatic heterocycles. The molecule has 0 saturated carbocycles. The monoisotopic (exact) mass is 331 g/mol. The van der Waals surface area contributed by atoms with Gasteiger partial charge in [-0.1, -0.05) is 17.7 Å². The van der Waals surface area contributed by atoms with Gasteiger partial charge in [0.1, 0.15) is 11.4 Å². The van der Waals surface area contributed by atoms with Gasteiger partial charge in [0.05, 0.1) is 6.42 Å². The topological polar surface area (TPSA) is 66.4 Å². The molecule has 0 bridgehead atoms. The zero-order chi connectivity index (χ0) is 15.5. The highest BCUT2D eigenvalue weighted by Gasteiger charge is 2.41. The largest absolute Gasteiger partial charge is 0.480 e. The van der Waals surface area contributed by atoms with E-state index in [2.05, 4.69) is 5.32 Å². The number of aliphatic carboxylic acids is 1. The minimum atomic E-state index is -1.20. The summed E-state index contributed by atoms with van der Waals surface area (Å²) in [5, 5.41) is 12.2. The third-order valence-corrected chi connectivity index (χ3v) is 4.84. The highest BCUT2D eigenvalue weighted by atomic mass is 35.5. The fourth-order valence-corrected chi connectivity index (χ4v) is 3.69. The fraction of sp³-hybridized carbons (Fsp3) is 0.429. The molecule has 4 nitrogen and oxygen atoms in total. The van der Waals surface area contributed by atoms with Crippen LogP contribution in [0.4, 0.5) is 4.39 Å². The maximum Gasteiger partial charge on any atom is 0.329 e. The molecule has 0 unspecified atom stereocenters. The van der Waals surface area contributed by atoms with Crippen LogP contribution in [0.2, 0.25) is 5.02 Å². The van der Waals surface area contributed by atoms with Crippen LogP contribution < -0.4 is 5.32 Å². The summed E-state index contributed by atoms with van der Waals surface area (Å²) < 4.78 is 13.0. The third-order valence-electron chi connectivity index (χ3n) is 3.50. The second-order valence-corrected chi connectivity index (χ2v) is 6.59. The van der Waals surface area contributed by atoms with E-state index in [0.29, 0.717) is 29.9 Å². The number of amides is 1. The molecule has 1 saturated heterocycles. The van der Waals surface area contributed by atoms with Crippen molar-refractivity contribution in [2.45, 2.75) is 24.8 Å². The van der Waals surface area contributed by atoms with Crippen LogP contribution >= 0.6 is 23.4 Å². The number of thioether (sulfide) groups is 1. The van der Waals surface area contributed by atoms with Crippen molar-refractivity contribution in [3.8, 4) is 0 Å². The van der Waals surface area contributed by atoms with Gasteiger partial charge in [0.2, 0.25) is 5.91 Å². The number of hydrogen-bond acceptors (Lipinski definition) is 3. The summed E-state index contributed by atoms with van der Waals surface area (Å²) in [6.45, 7) is 0. The number of benzene rings is 1. The zero-order valence-electron chi connectivity index (χ0n) is 11.2. The molecule has 1 amide bonds. The van der Waals surface area contributed by atoms with E-state index < -0.39 is 23.2 Å². The van der Waals surface area contributed by atoms with Gasteiger partial charge < -0.3 is 10.4 Å². The lowest BCUT2D eigenvalue weighted by molar-refractivity contribution is -0.148. The quantitative estimate of drug-likeness (QED) is 0.889. The molecule has 0 aliphatic carbocycles. The highest BCUT2D eigenvalue weighted by molar-refractivity contribution is 7.99. The van der Waals surface area contributed by atoms with E-state index in [1.807, 2.05) is 0 Å². The Hall–Kier alpha value is -1.27. The molecule has 1 aromatic rings. The summed E-state index contributed by atoms with van der Waals surface area (Å²) in [6.07, 6.45) is 0.729. The molecule has 2 rings (SSSR count). The Morgan fingerprint density at radius 3 is 2.62 bits per heavy atom. The van der Waals surface area contributed by atoms with Crippen LogP contribution in [0.1, 0.15) is 18.4 Å². The van der Waals surface area contributed by atoms with Gasteiger partial charge in [-0.15, -0.1) is 0 Å². The average Bonchev–Trinajstić information content (AvgIpc) is 2.43. The van der Waals surface area contributed by atoms with Crippen LogP contribution in [0, 0.1) is 5.82 Å². The molecule has 0 spiro atoms. The Morgan fingerprint density at radius 1 is 1.38 bits per heavy atom. The van der Waals surface area contributed by atoms with E-state index in [1.54, 1.807) is 11.8 Å². The van der Waals surface area contributed by atoms with E-state index in [9.17, 15) is 19.1 Å².